The quantitative estimate of drug-likeness (QED) is 0.346. The van der Waals surface area contributed by atoms with Crippen LogP contribution in [-0.4, -0.2) is 29.7 Å². The van der Waals surface area contributed by atoms with Crippen molar-refractivity contribution in [2.75, 3.05) is 13.2 Å². The number of rotatable bonds is 7. The van der Waals surface area contributed by atoms with Crippen LogP contribution in [0.2, 0.25) is 0 Å². The SMILES string of the molecule is CC(O)Oc1ccc(C2(c3ccc(OCCO)cc3)c3ccccc3-c3ccccc32)cc1. The number of ether oxygens (including phenoxy) is 2. The van der Waals surface area contributed by atoms with Crippen LogP contribution in [0.25, 0.3) is 11.1 Å². The number of benzene rings is 4. The van der Waals surface area contributed by atoms with Gasteiger partial charge in [0.15, 0.2) is 6.29 Å². The Labute approximate surface area is 193 Å². The van der Waals surface area contributed by atoms with Gasteiger partial charge in [-0.3, -0.25) is 0 Å². The van der Waals surface area contributed by atoms with Gasteiger partial charge in [-0.05, 0) is 64.6 Å². The molecule has 2 N–H and O–H groups in total. The summed E-state index contributed by atoms with van der Waals surface area (Å²) in [5.74, 6) is 1.35. The Morgan fingerprint density at radius 1 is 0.697 bits per heavy atom. The molecule has 0 bridgehead atoms. The van der Waals surface area contributed by atoms with E-state index in [1.807, 2.05) is 24.3 Å². The van der Waals surface area contributed by atoms with Crippen molar-refractivity contribution in [1.82, 2.24) is 0 Å². The molecule has 1 unspecified atom stereocenters. The number of hydrogen-bond donors (Lipinski definition) is 2. The number of fused-ring (bicyclic) bond motifs is 3. The summed E-state index contributed by atoms with van der Waals surface area (Å²) in [6, 6.07) is 33.2. The lowest BCUT2D eigenvalue weighted by molar-refractivity contribution is -0.000309. The van der Waals surface area contributed by atoms with Crippen LogP contribution in [0.1, 0.15) is 29.2 Å². The number of aliphatic hydroxyl groups is 2. The van der Waals surface area contributed by atoms with E-state index in [1.165, 1.54) is 22.3 Å². The van der Waals surface area contributed by atoms with Crippen molar-refractivity contribution in [2.24, 2.45) is 0 Å². The highest BCUT2D eigenvalue weighted by Gasteiger charge is 2.45. The molecule has 4 aromatic rings. The van der Waals surface area contributed by atoms with E-state index < -0.39 is 11.7 Å². The molecule has 4 heteroatoms. The second-order valence-electron chi connectivity index (χ2n) is 8.18. The van der Waals surface area contributed by atoms with Gasteiger partial charge in [0.25, 0.3) is 0 Å². The maximum absolute atomic E-state index is 9.61. The molecule has 1 aliphatic rings. The summed E-state index contributed by atoms with van der Waals surface area (Å²) in [5, 5.41) is 18.7. The fourth-order valence-corrected chi connectivity index (χ4v) is 4.97. The summed E-state index contributed by atoms with van der Waals surface area (Å²) in [6.07, 6.45) is -0.871. The molecule has 5 rings (SSSR count). The predicted molar refractivity (Wildman–Crippen MR) is 129 cm³/mol. The fourth-order valence-electron chi connectivity index (χ4n) is 4.97. The summed E-state index contributed by atoms with van der Waals surface area (Å²) in [4.78, 5) is 0. The standard InChI is InChI=1S/C29H26O4/c1-20(31)33-24-16-12-22(13-17-24)29(21-10-14-23(15-11-21)32-19-18-30)27-8-4-2-6-25(27)26-7-3-5-9-28(26)29/h2-17,20,30-31H,18-19H2,1H3. The maximum Gasteiger partial charge on any atom is 0.194 e. The molecule has 1 atom stereocenters. The van der Waals surface area contributed by atoms with Gasteiger partial charge in [0.2, 0.25) is 0 Å². The Bertz CT molecular complexity index is 1200. The van der Waals surface area contributed by atoms with Crippen molar-refractivity contribution >= 4 is 0 Å². The average Bonchev–Trinajstić information content (AvgIpc) is 3.15. The predicted octanol–water partition coefficient (Wildman–Crippen LogP) is 5.14. The van der Waals surface area contributed by atoms with Gasteiger partial charge in [-0.15, -0.1) is 0 Å². The summed E-state index contributed by atoms with van der Waals surface area (Å²) in [6.45, 7) is 1.84. The van der Waals surface area contributed by atoms with E-state index in [-0.39, 0.29) is 13.2 Å². The highest BCUT2D eigenvalue weighted by atomic mass is 16.6. The van der Waals surface area contributed by atoms with Gasteiger partial charge >= 0.3 is 0 Å². The third kappa shape index (κ3) is 3.58. The summed E-state index contributed by atoms with van der Waals surface area (Å²) >= 11 is 0. The highest BCUT2D eigenvalue weighted by Crippen LogP contribution is 2.56. The molecular formula is C29H26O4. The first-order chi connectivity index (χ1) is 16.1. The minimum absolute atomic E-state index is 0.0205. The topological polar surface area (TPSA) is 58.9 Å². The Morgan fingerprint density at radius 3 is 1.67 bits per heavy atom. The molecule has 0 aliphatic heterocycles. The maximum atomic E-state index is 9.61. The van der Waals surface area contributed by atoms with Crippen LogP contribution >= 0.6 is 0 Å². The third-order valence-electron chi connectivity index (χ3n) is 6.19. The van der Waals surface area contributed by atoms with Crippen LogP contribution in [0.4, 0.5) is 0 Å². The fraction of sp³-hybridized carbons (Fsp3) is 0.172. The van der Waals surface area contributed by atoms with Crippen LogP contribution in [0.3, 0.4) is 0 Å². The van der Waals surface area contributed by atoms with Gasteiger partial charge in [-0.2, -0.15) is 0 Å². The Kier molecular flexibility index (Phi) is 5.63. The molecule has 1 aliphatic carbocycles. The van der Waals surface area contributed by atoms with Crippen LogP contribution in [0.15, 0.2) is 97.1 Å². The minimum Gasteiger partial charge on any atom is -0.491 e. The van der Waals surface area contributed by atoms with Crippen LogP contribution in [0.5, 0.6) is 11.5 Å². The van der Waals surface area contributed by atoms with E-state index in [9.17, 15) is 5.11 Å². The van der Waals surface area contributed by atoms with E-state index in [0.29, 0.717) is 5.75 Å². The molecule has 166 valence electrons. The van der Waals surface area contributed by atoms with E-state index >= 15 is 0 Å². The Morgan fingerprint density at radius 2 is 1.18 bits per heavy atom. The van der Waals surface area contributed by atoms with E-state index in [1.54, 1.807) is 6.92 Å². The lowest BCUT2D eigenvalue weighted by Gasteiger charge is -2.34. The van der Waals surface area contributed by atoms with Gasteiger partial charge in [-0.25, -0.2) is 0 Å². The Balaban J connectivity index is 1.74. The van der Waals surface area contributed by atoms with Gasteiger partial charge in [0, 0.05) is 0 Å². The third-order valence-corrected chi connectivity index (χ3v) is 6.19. The number of hydrogen-bond acceptors (Lipinski definition) is 4. The van der Waals surface area contributed by atoms with E-state index in [2.05, 4.69) is 72.8 Å². The van der Waals surface area contributed by atoms with Crippen LogP contribution < -0.4 is 9.47 Å². The van der Waals surface area contributed by atoms with Gasteiger partial charge in [0.1, 0.15) is 18.1 Å². The van der Waals surface area contributed by atoms with Crippen molar-refractivity contribution in [1.29, 1.82) is 0 Å². The molecule has 0 fully saturated rings. The summed E-state index contributed by atoms with van der Waals surface area (Å²) in [7, 11) is 0. The van der Waals surface area contributed by atoms with Crippen molar-refractivity contribution in [3.8, 4) is 22.6 Å². The largest absolute Gasteiger partial charge is 0.491 e. The zero-order valence-electron chi connectivity index (χ0n) is 18.4. The molecule has 0 heterocycles. The molecule has 0 aromatic heterocycles. The molecule has 4 nitrogen and oxygen atoms in total. The molecule has 4 aromatic carbocycles. The van der Waals surface area contributed by atoms with Gasteiger partial charge < -0.3 is 19.7 Å². The smallest absolute Gasteiger partial charge is 0.194 e. The van der Waals surface area contributed by atoms with Gasteiger partial charge in [-0.1, -0.05) is 72.8 Å². The lowest BCUT2D eigenvalue weighted by Crippen LogP contribution is -2.28. The van der Waals surface area contributed by atoms with E-state index in [0.717, 1.165) is 16.9 Å². The Hall–Kier alpha value is -3.60. The minimum atomic E-state index is -0.871. The van der Waals surface area contributed by atoms with Crippen molar-refractivity contribution < 1.29 is 19.7 Å². The second-order valence-corrected chi connectivity index (χ2v) is 8.18. The van der Waals surface area contributed by atoms with Crippen molar-refractivity contribution in [3.05, 3.63) is 119 Å². The molecule has 0 spiro atoms. The first kappa shape index (κ1) is 21.3. The first-order valence-corrected chi connectivity index (χ1v) is 11.1. The van der Waals surface area contributed by atoms with Crippen molar-refractivity contribution in [2.45, 2.75) is 18.6 Å². The molecule has 33 heavy (non-hydrogen) atoms. The zero-order valence-corrected chi connectivity index (χ0v) is 18.4. The highest BCUT2D eigenvalue weighted by molar-refractivity contribution is 5.86. The van der Waals surface area contributed by atoms with Crippen molar-refractivity contribution in [3.63, 3.8) is 0 Å². The second kappa shape index (κ2) is 8.74. The molecule has 0 saturated carbocycles. The molecular weight excluding hydrogens is 412 g/mol. The first-order valence-electron chi connectivity index (χ1n) is 11.1. The summed E-state index contributed by atoms with van der Waals surface area (Å²) in [5.41, 5.74) is 6.61. The zero-order chi connectivity index (χ0) is 22.8. The number of aliphatic hydroxyl groups excluding tert-OH is 2. The normalized spacial score (nSPS) is 14.3. The van der Waals surface area contributed by atoms with E-state index in [4.69, 9.17) is 14.6 Å². The summed E-state index contributed by atoms with van der Waals surface area (Å²) < 4.78 is 11.1. The molecule has 0 saturated heterocycles. The van der Waals surface area contributed by atoms with Gasteiger partial charge in [0.05, 0.1) is 12.0 Å². The molecule has 0 radical (unpaired) electrons. The average molecular weight is 439 g/mol. The van der Waals surface area contributed by atoms with Crippen LogP contribution in [0, 0.1) is 0 Å². The monoisotopic (exact) mass is 438 g/mol. The lowest BCUT2D eigenvalue weighted by atomic mass is 9.68. The molecule has 0 amide bonds. The van der Waals surface area contributed by atoms with Crippen LogP contribution in [-0.2, 0) is 5.41 Å².